The van der Waals surface area contributed by atoms with Crippen molar-refractivity contribution >= 4 is 27.2 Å². The van der Waals surface area contributed by atoms with Crippen molar-refractivity contribution in [1.29, 1.82) is 0 Å². The minimum absolute atomic E-state index is 0.227. The molecular weight excluding hydrogens is 256 g/mol. The van der Waals surface area contributed by atoms with Crippen LogP contribution in [0, 0.1) is 13.8 Å². The van der Waals surface area contributed by atoms with Crippen molar-refractivity contribution < 1.29 is 8.42 Å². The molecule has 0 bridgehead atoms. The first-order valence-electron chi connectivity index (χ1n) is 5.18. The van der Waals surface area contributed by atoms with E-state index in [9.17, 15) is 8.42 Å². The highest BCUT2D eigenvalue weighted by atomic mass is 32.2. The van der Waals surface area contributed by atoms with E-state index in [1.54, 1.807) is 18.2 Å². The summed E-state index contributed by atoms with van der Waals surface area (Å²) < 4.78 is 26.2. The number of sulfonamides is 1. The molecule has 0 saturated heterocycles. The van der Waals surface area contributed by atoms with Crippen molar-refractivity contribution in [2.75, 3.05) is 6.54 Å². The van der Waals surface area contributed by atoms with Gasteiger partial charge in [0, 0.05) is 13.0 Å². The maximum absolute atomic E-state index is 11.9. The molecule has 6 heteroatoms. The van der Waals surface area contributed by atoms with Gasteiger partial charge < -0.3 is 5.73 Å². The van der Waals surface area contributed by atoms with Crippen LogP contribution in [0.4, 0.5) is 0 Å². The van der Waals surface area contributed by atoms with Crippen LogP contribution in [-0.4, -0.2) is 20.0 Å². The molecule has 0 heterocycles. The lowest BCUT2D eigenvalue weighted by molar-refractivity contribution is 0.582. The van der Waals surface area contributed by atoms with Gasteiger partial charge in [-0.05, 0) is 37.1 Å². The van der Waals surface area contributed by atoms with Gasteiger partial charge in [-0.15, -0.1) is 0 Å². The summed E-state index contributed by atoms with van der Waals surface area (Å²) in [5.41, 5.74) is 7.31. The fourth-order valence-corrected chi connectivity index (χ4v) is 2.49. The van der Waals surface area contributed by atoms with Crippen LogP contribution in [0.25, 0.3) is 0 Å². The molecule has 0 aliphatic carbocycles. The fraction of sp³-hybridized carbons (Fsp3) is 0.364. The van der Waals surface area contributed by atoms with E-state index in [2.05, 4.69) is 16.9 Å². The van der Waals surface area contributed by atoms with Crippen molar-refractivity contribution in [3.05, 3.63) is 29.3 Å². The zero-order chi connectivity index (χ0) is 13.1. The molecule has 17 heavy (non-hydrogen) atoms. The Morgan fingerprint density at radius 1 is 1.35 bits per heavy atom. The second-order valence-corrected chi connectivity index (χ2v) is 6.15. The summed E-state index contributed by atoms with van der Waals surface area (Å²) in [6.45, 7) is 4.04. The Morgan fingerprint density at radius 2 is 2.00 bits per heavy atom. The highest BCUT2D eigenvalue weighted by molar-refractivity contribution is 7.89. The van der Waals surface area contributed by atoms with E-state index in [-0.39, 0.29) is 11.4 Å². The van der Waals surface area contributed by atoms with Gasteiger partial charge in [0.1, 0.15) is 0 Å². The predicted molar refractivity (Wildman–Crippen MR) is 72.5 cm³/mol. The fourth-order valence-electron chi connectivity index (χ4n) is 1.27. The van der Waals surface area contributed by atoms with Gasteiger partial charge in [-0.1, -0.05) is 18.3 Å². The number of hydrogen-bond donors (Lipinski definition) is 2. The number of nitrogens with one attached hydrogen (secondary N) is 1. The molecule has 3 N–H and O–H groups in total. The largest absolute Gasteiger partial charge is 0.393 e. The van der Waals surface area contributed by atoms with Gasteiger partial charge in [-0.2, -0.15) is 0 Å². The van der Waals surface area contributed by atoms with Gasteiger partial charge in [0.25, 0.3) is 0 Å². The van der Waals surface area contributed by atoms with E-state index in [4.69, 9.17) is 5.73 Å². The monoisotopic (exact) mass is 272 g/mol. The third-order valence-corrected chi connectivity index (χ3v) is 4.11. The van der Waals surface area contributed by atoms with Crippen LogP contribution >= 0.6 is 12.2 Å². The smallest absolute Gasteiger partial charge is 0.240 e. The molecule has 4 nitrogen and oxygen atoms in total. The maximum Gasteiger partial charge on any atom is 0.240 e. The first-order chi connectivity index (χ1) is 7.83. The van der Waals surface area contributed by atoms with Crippen molar-refractivity contribution in [1.82, 2.24) is 4.72 Å². The average Bonchev–Trinajstić information content (AvgIpc) is 2.21. The highest BCUT2D eigenvalue weighted by Gasteiger charge is 2.13. The summed E-state index contributed by atoms with van der Waals surface area (Å²) >= 11 is 4.68. The third-order valence-electron chi connectivity index (χ3n) is 2.45. The Hall–Kier alpha value is -0.980. The number of aryl methyl sites for hydroxylation is 2. The molecule has 0 saturated carbocycles. The van der Waals surface area contributed by atoms with Crippen LogP contribution in [0.5, 0.6) is 0 Å². The lowest BCUT2D eigenvalue weighted by atomic mass is 10.1. The van der Waals surface area contributed by atoms with E-state index in [0.717, 1.165) is 11.1 Å². The van der Waals surface area contributed by atoms with Gasteiger partial charge >= 0.3 is 0 Å². The van der Waals surface area contributed by atoms with Gasteiger partial charge in [-0.3, -0.25) is 0 Å². The lowest BCUT2D eigenvalue weighted by Gasteiger charge is -2.08. The zero-order valence-corrected chi connectivity index (χ0v) is 11.5. The van der Waals surface area contributed by atoms with Crippen LogP contribution in [0.15, 0.2) is 23.1 Å². The topological polar surface area (TPSA) is 72.2 Å². The summed E-state index contributed by atoms with van der Waals surface area (Å²) in [7, 11) is -3.46. The minimum Gasteiger partial charge on any atom is -0.393 e. The number of rotatable bonds is 5. The van der Waals surface area contributed by atoms with E-state index >= 15 is 0 Å². The summed E-state index contributed by atoms with van der Waals surface area (Å²) in [5.74, 6) is 0. The van der Waals surface area contributed by atoms with E-state index in [1.807, 2.05) is 13.8 Å². The van der Waals surface area contributed by atoms with Gasteiger partial charge in [0.2, 0.25) is 10.0 Å². The van der Waals surface area contributed by atoms with Crippen LogP contribution < -0.4 is 10.5 Å². The highest BCUT2D eigenvalue weighted by Crippen LogP contribution is 2.14. The Balaban J connectivity index is 2.82. The van der Waals surface area contributed by atoms with E-state index < -0.39 is 10.0 Å². The number of hydrogen-bond acceptors (Lipinski definition) is 3. The van der Waals surface area contributed by atoms with Gasteiger partial charge in [0.15, 0.2) is 0 Å². The molecule has 0 aromatic heterocycles. The molecular formula is C11H16N2O2S2. The first-order valence-corrected chi connectivity index (χ1v) is 7.07. The molecule has 0 unspecified atom stereocenters. The van der Waals surface area contributed by atoms with E-state index in [1.165, 1.54) is 0 Å². The summed E-state index contributed by atoms with van der Waals surface area (Å²) in [4.78, 5) is 0.566. The average molecular weight is 272 g/mol. The van der Waals surface area contributed by atoms with Crippen LogP contribution in [0.2, 0.25) is 0 Å². The Bertz CT molecular complexity index is 524. The molecule has 0 radical (unpaired) electrons. The second-order valence-electron chi connectivity index (χ2n) is 3.86. The minimum atomic E-state index is -3.46. The van der Waals surface area contributed by atoms with Crippen molar-refractivity contribution in [3.63, 3.8) is 0 Å². The van der Waals surface area contributed by atoms with E-state index in [0.29, 0.717) is 11.4 Å². The molecule has 0 fully saturated rings. The standard InChI is InChI=1S/C11H16N2O2S2/c1-8-3-4-10(7-9(8)2)17(14,15)13-6-5-11(12)16/h3-4,7,13H,5-6H2,1-2H3,(H2,12,16). The predicted octanol–water partition coefficient (Wildman–Crippen LogP) is 1.26. The molecule has 1 rings (SSSR count). The maximum atomic E-state index is 11.9. The lowest BCUT2D eigenvalue weighted by Crippen LogP contribution is -2.27. The Morgan fingerprint density at radius 3 is 2.53 bits per heavy atom. The summed E-state index contributed by atoms with van der Waals surface area (Å²) in [6, 6.07) is 5.03. The summed E-state index contributed by atoms with van der Waals surface area (Å²) in [6.07, 6.45) is 0.361. The third kappa shape index (κ3) is 4.07. The second kappa shape index (κ2) is 5.57. The molecule has 0 amide bonds. The van der Waals surface area contributed by atoms with Crippen molar-refractivity contribution in [2.24, 2.45) is 5.73 Å². The quantitative estimate of drug-likeness (QED) is 0.792. The number of thiocarbonyl (C=S) groups is 1. The SMILES string of the molecule is Cc1ccc(S(=O)(=O)NCCC(N)=S)cc1C. The Kier molecular flexibility index (Phi) is 4.62. The molecule has 0 atom stereocenters. The molecule has 1 aromatic carbocycles. The van der Waals surface area contributed by atoms with Crippen molar-refractivity contribution in [3.8, 4) is 0 Å². The normalized spacial score (nSPS) is 11.4. The van der Waals surface area contributed by atoms with Crippen LogP contribution in [0.1, 0.15) is 17.5 Å². The number of nitrogens with two attached hydrogens (primary N) is 1. The zero-order valence-electron chi connectivity index (χ0n) is 9.86. The molecule has 1 aromatic rings. The molecule has 94 valence electrons. The van der Waals surface area contributed by atoms with Gasteiger partial charge in [-0.25, -0.2) is 13.1 Å². The Labute approximate surface area is 107 Å². The van der Waals surface area contributed by atoms with Crippen LogP contribution in [-0.2, 0) is 10.0 Å². The summed E-state index contributed by atoms with van der Waals surface area (Å²) in [5, 5.41) is 0. The molecule has 0 aliphatic rings. The van der Waals surface area contributed by atoms with Crippen molar-refractivity contribution in [2.45, 2.75) is 25.2 Å². The van der Waals surface area contributed by atoms with Crippen LogP contribution in [0.3, 0.4) is 0 Å². The van der Waals surface area contributed by atoms with Gasteiger partial charge in [0.05, 0.1) is 9.88 Å². The number of benzene rings is 1. The molecule has 0 spiro atoms. The first kappa shape index (κ1) is 14.1. The molecule has 0 aliphatic heterocycles.